The van der Waals surface area contributed by atoms with Gasteiger partial charge in [0.25, 0.3) is 5.91 Å². The van der Waals surface area contributed by atoms with Crippen LogP contribution in [0.4, 0.5) is 0 Å². The molecule has 0 aliphatic carbocycles. The molecule has 1 saturated heterocycles. The highest BCUT2D eigenvalue weighted by Gasteiger charge is 2.26. The van der Waals surface area contributed by atoms with Gasteiger partial charge >= 0.3 is 0 Å². The van der Waals surface area contributed by atoms with Gasteiger partial charge < -0.3 is 10.6 Å². The fourth-order valence-electron chi connectivity index (χ4n) is 3.72. The number of hydrogen-bond acceptors (Lipinski definition) is 3. The summed E-state index contributed by atoms with van der Waals surface area (Å²) in [7, 11) is 0. The van der Waals surface area contributed by atoms with E-state index in [1.54, 1.807) is 0 Å². The Kier molecular flexibility index (Phi) is 5.26. The standard InChI is InChI=1S/C23H26N4O/c1-17-9-11-19(12-10-17)22-21(23(28)26-13-5-8-20(24)15-26)16-27(25-22)14-18-6-3-2-4-7-18/h2-4,6-7,9-12,16,20H,5,8,13-15,24H2,1H3. The van der Waals surface area contributed by atoms with Crippen molar-refractivity contribution in [2.24, 2.45) is 5.73 Å². The molecule has 3 aromatic rings. The maximum atomic E-state index is 13.3. The molecule has 1 amide bonds. The third-order valence-corrected chi connectivity index (χ3v) is 5.25. The maximum absolute atomic E-state index is 13.3. The van der Waals surface area contributed by atoms with Gasteiger partial charge in [-0.2, -0.15) is 5.10 Å². The zero-order valence-electron chi connectivity index (χ0n) is 16.2. The quantitative estimate of drug-likeness (QED) is 0.760. The summed E-state index contributed by atoms with van der Waals surface area (Å²) in [5.74, 6) is 0.0186. The molecule has 1 aliphatic rings. The van der Waals surface area contributed by atoms with Crippen LogP contribution in [-0.2, 0) is 6.54 Å². The molecule has 1 aromatic heterocycles. The van der Waals surface area contributed by atoms with E-state index in [1.165, 1.54) is 5.56 Å². The lowest BCUT2D eigenvalue weighted by Crippen LogP contribution is -2.45. The molecule has 5 nitrogen and oxygen atoms in total. The first-order valence-electron chi connectivity index (χ1n) is 9.83. The number of nitrogens with two attached hydrogens (primary N) is 1. The summed E-state index contributed by atoms with van der Waals surface area (Å²) in [4.78, 5) is 15.2. The van der Waals surface area contributed by atoms with Crippen LogP contribution < -0.4 is 5.73 Å². The number of benzene rings is 2. The molecule has 2 aromatic carbocycles. The van der Waals surface area contributed by atoms with Crippen molar-refractivity contribution >= 4 is 5.91 Å². The van der Waals surface area contributed by atoms with Gasteiger partial charge in [-0.25, -0.2) is 0 Å². The topological polar surface area (TPSA) is 64.2 Å². The summed E-state index contributed by atoms with van der Waals surface area (Å²) in [5, 5.41) is 4.78. The zero-order valence-corrected chi connectivity index (χ0v) is 16.2. The summed E-state index contributed by atoms with van der Waals surface area (Å²) in [5.41, 5.74) is 10.8. The normalized spacial score (nSPS) is 16.9. The Bertz CT molecular complexity index is 946. The summed E-state index contributed by atoms with van der Waals surface area (Å²) < 4.78 is 1.86. The van der Waals surface area contributed by atoms with Gasteiger partial charge in [0.2, 0.25) is 0 Å². The van der Waals surface area contributed by atoms with Crippen LogP contribution in [0.25, 0.3) is 11.3 Å². The molecule has 0 saturated carbocycles. The number of aryl methyl sites for hydroxylation is 1. The molecular weight excluding hydrogens is 348 g/mol. The molecule has 0 spiro atoms. The minimum absolute atomic E-state index is 0.0186. The Morgan fingerprint density at radius 3 is 2.61 bits per heavy atom. The van der Waals surface area contributed by atoms with E-state index in [0.717, 1.165) is 36.2 Å². The molecular formula is C23H26N4O. The fourth-order valence-corrected chi connectivity index (χ4v) is 3.72. The second-order valence-corrected chi connectivity index (χ2v) is 7.59. The predicted octanol–water partition coefficient (Wildman–Crippen LogP) is 3.47. The van der Waals surface area contributed by atoms with Crippen molar-refractivity contribution < 1.29 is 4.79 Å². The molecule has 2 N–H and O–H groups in total. The molecule has 2 heterocycles. The first-order valence-corrected chi connectivity index (χ1v) is 9.83. The van der Waals surface area contributed by atoms with Crippen LogP contribution in [0.15, 0.2) is 60.8 Å². The number of nitrogens with zero attached hydrogens (tertiary/aromatic N) is 3. The van der Waals surface area contributed by atoms with E-state index in [4.69, 9.17) is 10.8 Å². The fraction of sp³-hybridized carbons (Fsp3) is 0.304. The molecule has 1 atom stereocenters. The number of aromatic nitrogens is 2. The molecule has 144 valence electrons. The smallest absolute Gasteiger partial charge is 0.257 e. The van der Waals surface area contributed by atoms with Gasteiger partial charge in [0.1, 0.15) is 5.69 Å². The molecule has 5 heteroatoms. The number of rotatable bonds is 4. The number of likely N-dealkylation sites (tertiary alicyclic amines) is 1. The molecule has 1 unspecified atom stereocenters. The third-order valence-electron chi connectivity index (χ3n) is 5.25. The minimum Gasteiger partial charge on any atom is -0.337 e. The highest BCUT2D eigenvalue weighted by Crippen LogP contribution is 2.25. The SMILES string of the molecule is Cc1ccc(-c2nn(Cc3ccccc3)cc2C(=O)N2CCCC(N)C2)cc1. The monoisotopic (exact) mass is 374 g/mol. The Balaban J connectivity index is 1.70. The van der Waals surface area contributed by atoms with Crippen molar-refractivity contribution in [2.75, 3.05) is 13.1 Å². The van der Waals surface area contributed by atoms with Crippen molar-refractivity contribution in [3.63, 3.8) is 0 Å². The lowest BCUT2D eigenvalue weighted by atomic mass is 10.0. The lowest BCUT2D eigenvalue weighted by Gasteiger charge is -2.30. The van der Waals surface area contributed by atoms with Crippen LogP contribution >= 0.6 is 0 Å². The van der Waals surface area contributed by atoms with Crippen LogP contribution in [0, 0.1) is 6.92 Å². The average Bonchev–Trinajstić information content (AvgIpc) is 3.12. The molecule has 28 heavy (non-hydrogen) atoms. The number of piperidine rings is 1. The van der Waals surface area contributed by atoms with Crippen molar-refractivity contribution in [1.29, 1.82) is 0 Å². The maximum Gasteiger partial charge on any atom is 0.257 e. The summed E-state index contributed by atoms with van der Waals surface area (Å²) >= 11 is 0. The van der Waals surface area contributed by atoms with Crippen LogP contribution in [-0.4, -0.2) is 39.7 Å². The number of carbonyl (C=O) groups excluding carboxylic acids is 1. The molecule has 0 radical (unpaired) electrons. The van der Waals surface area contributed by atoms with Gasteiger partial charge in [0.05, 0.1) is 12.1 Å². The first-order chi connectivity index (χ1) is 13.6. The van der Waals surface area contributed by atoms with Crippen LogP contribution in [0.5, 0.6) is 0 Å². The van der Waals surface area contributed by atoms with Crippen molar-refractivity contribution in [3.8, 4) is 11.3 Å². The van der Waals surface area contributed by atoms with Crippen molar-refractivity contribution in [3.05, 3.63) is 77.5 Å². The molecule has 4 rings (SSSR count). The first kappa shape index (κ1) is 18.4. The van der Waals surface area contributed by atoms with E-state index >= 15 is 0 Å². The van der Waals surface area contributed by atoms with Gasteiger partial charge in [-0.3, -0.25) is 9.48 Å². The highest BCUT2D eigenvalue weighted by atomic mass is 16.2. The predicted molar refractivity (Wildman–Crippen MR) is 111 cm³/mol. The summed E-state index contributed by atoms with van der Waals surface area (Å²) in [6.45, 7) is 4.05. The zero-order chi connectivity index (χ0) is 19.5. The Hall–Kier alpha value is -2.92. The van der Waals surface area contributed by atoms with Gasteiger partial charge in [-0.1, -0.05) is 60.2 Å². The minimum atomic E-state index is 0.0186. The Labute approximate surface area is 165 Å². The molecule has 0 bridgehead atoms. The van der Waals surface area contributed by atoms with Crippen LogP contribution in [0.3, 0.4) is 0 Å². The molecule has 1 aliphatic heterocycles. The average molecular weight is 374 g/mol. The van der Waals surface area contributed by atoms with Crippen LogP contribution in [0.2, 0.25) is 0 Å². The largest absolute Gasteiger partial charge is 0.337 e. The van der Waals surface area contributed by atoms with E-state index in [-0.39, 0.29) is 11.9 Å². The lowest BCUT2D eigenvalue weighted by molar-refractivity contribution is 0.0709. The summed E-state index contributed by atoms with van der Waals surface area (Å²) in [6.07, 6.45) is 3.80. The van der Waals surface area contributed by atoms with Crippen LogP contribution in [0.1, 0.15) is 34.3 Å². The van der Waals surface area contributed by atoms with E-state index in [0.29, 0.717) is 18.7 Å². The van der Waals surface area contributed by atoms with E-state index < -0.39 is 0 Å². The van der Waals surface area contributed by atoms with Gasteiger partial charge in [-0.15, -0.1) is 0 Å². The van der Waals surface area contributed by atoms with Crippen molar-refractivity contribution in [2.45, 2.75) is 32.4 Å². The van der Waals surface area contributed by atoms with Gasteiger partial charge in [-0.05, 0) is 25.3 Å². The van der Waals surface area contributed by atoms with E-state index in [9.17, 15) is 4.79 Å². The van der Waals surface area contributed by atoms with E-state index in [2.05, 4.69) is 31.2 Å². The Morgan fingerprint density at radius 1 is 1.14 bits per heavy atom. The van der Waals surface area contributed by atoms with Gasteiger partial charge in [0, 0.05) is 30.9 Å². The Morgan fingerprint density at radius 2 is 1.89 bits per heavy atom. The second-order valence-electron chi connectivity index (χ2n) is 7.59. The van der Waals surface area contributed by atoms with Gasteiger partial charge in [0.15, 0.2) is 0 Å². The third kappa shape index (κ3) is 3.99. The van der Waals surface area contributed by atoms with E-state index in [1.807, 2.05) is 46.1 Å². The summed E-state index contributed by atoms with van der Waals surface area (Å²) in [6, 6.07) is 18.4. The number of amides is 1. The second kappa shape index (κ2) is 7.98. The van der Waals surface area contributed by atoms with Crippen molar-refractivity contribution in [1.82, 2.24) is 14.7 Å². The highest BCUT2D eigenvalue weighted by molar-refractivity contribution is 5.99. The number of hydrogen-bond donors (Lipinski definition) is 1. The molecule has 1 fully saturated rings. The number of carbonyl (C=O) groups is 1.